The summed E-state index contributed by atoms with van der Waals surface area (Å²) in [5.74, 6) is 1.92. The number of fused-ring (bicyclic) bond motifs is 1. The molecule has 0 fully saturated rings. The van der Waals surface area contributed by atoms with Crippen molar-refractivity contribution in [2.24, 2.45) is 0 Å². The van der Waals surface area contributed by atoms with Gasteiger partial charge in [-0.2, -0.15) is 11.8 Å². The number of rotatable bonds is 6. The highest BCUT2D eigenvalue weighted by atomic mass is 32.2. The smallest absolute Gasteiger partial charge is 0.193 e. The standard InChI is InChI=1S/C11H16N2OS2/c1-2-4-15-8-10(14)6-9-7-13-3-5-16-11(13)12-9/h3,5,7,10,14H,2,4,6,8H2,1H3. The van der Waals surface area contributed by atoms with E-state index in [1.807, 2.05) is 33.9 Å². The summed E-state index contributed by atoms with van der Waals surface area (Å²) in [6.07, 6.45) is 5.54. The van der Waals surface area contributed by atoms with E-state index < -0.39 is 0 Å². The zero-order valence-corrected chi connectivity index (χ0v) is 10.9. The van der Waals surface area contributed by atoms with Crippen molar-refractivity contribution in [3.05, 3.63) is 23.5 Å². The number of hydrogen-bond acceptors (Lipinski definition) is 4. The molecule has 1 N–H and O–H groups in total. The van der Waals surface area contributed by atoms with Crippen molar-refractivity contribution in [1.82, 2.24) is 9.38 Å². The van der Waals surface area contributed by atoms with Crippen LogP contribution in [-0.4, -0.2) is 32.1 Å². The zero-order valence-electron chi connectivity index (χ0n) is 9.30. The molecule has 2 heterocycles. The van der Waals surface area contributed by atoms with Gasteiger partial charge in [0.25, 0.3) is 0 Å². The molecule has 0 saturated carbocycles. The third-order valence-corrected chi connectivity index (χ3v) is 4.33. The van der Waals surface area contributed by atoms with E-state index in [9.17, 15) is 5.11 Å². The molecule has 2 aromatic heterocycles. The summed E-state index contributed by atoms with van der Waals surface area (Å²) in [7, 11) is 0. The number of imidazole rings is 1. The molecule has 5 heteroatoms. The molecule has 0 amide bonds. The van der Waals surface area contributed by atoms with E-state index in [1.165, 1.54) is 0 Å². The van der Waals surface area contributed by atoms with Gasteiger partial charge in [0.1, 0.15) is 0 Å². The average Bonchev–Trinajstić information content (AvgIpc) is 2.78. The summed E-state index contributed by atoms with van der Waals surface area (Å²) < 4.78 is 2.01. The summed E-state index contributed by atoms with van der Waals surface area (Å²) >= 11 is 3.43. The number of aromatic nitrogens is 2. The first-order chi connectivity index (χ1) is 7.79. The minimum absolute atomic E-state index is 0.277. The molecule has 3 nitrogen and oxygen atoms in total. The van der Waals surface area contributed by atoms with E-state index >= 15 is 0 Å². The van der Waals surface area contributed by atoms with Gasteiger partial charge in [-0.3, -0.25) is 4.40 Å². The van der Waals surface area contributed by atoms with Crippen LogP contribution in [0, 0.1) is 0 Å². The third kappa shape index (κ3) is 2.99. The normalized spacial score (nSPS) is 13.4. The van der Waals surface area contributed by atoms with Crippen molar-refractivity contribution >= 4 is 28.1 Å². The van der Waals surface area contributed by atoms with Gasteiger partial charge in [-0.25, -0.2) is 4.98 Å². The lowest BCUT2D eigenvalue weighted by molar-refractivity contribution is 0.199. The molecule has 1 unspecified atom stereocenters. The lowest BCUT2D eigenvalue weighted by atomic mass is 10.2. The molecule has 2 aromatic rings. The van der Waals surface area contributed by atoms with Crippen molar-refractivity contribution in [2.75, 3.05) is 11.5 Å². The Balaban J connectivity index is 1.86. The van der Waals surface area contributed by atoms with Gasteiger partial charge in [-0.05, 0) is 12.2 Å². The Kier molecular flexibility index (Phi) is 4.26. The van der Waals surface area contributed by atoms with Gasteiger partial charge >= 0.3 is 0 Å². The number of aliphatic hydroxyl groups excluding tert-OH is 1. The van der Waals surface area contributed by atoms with Crippen LogP contribution in [0.1, 0.15) is 19.0 Å². The van der Waals surface area contributed by atoms with Gasteiger partial charge in [-0.15, -0.1) is 11.3 Å². The van der Waals surface area contributed by atoms with Gasteiger partial charge in [0.2, 0.25) is 0 Å². The molecule has 1 atom stereocenters. The van der Waals surface area contributed by atoms with E-state index in [4.69, 9.17) is 0 Å². The number of thioether (sulfide) groups is 1. The second-order valence-corrected chi connectivity index (χ2v) is 5.78. The lowest BCUT2D eigenvalue weighted by Gasteiger charge is -2.07. The van der Waals surface area contributed by atoms with Gasteiger partial charge in [0.15, 0.2) is 4.96 Å². The zero-order chi connectivity index (χ0) is 11.4. The molecule has 2 rings (SSSR count). The lowest BCUT2D eigenvalue weighted by Crippen LogP contribution is -2.14. The van der Waals surface area contributed by atoms with Crippen LogP contribution < -0.4 is 0 Å². The molecular weight excluding hydrogens is 240 g/mol. The maximum Gasteiger partial charge on any atom is 0.193 e. The SMILES string of the molecule is CCCSCC(O)Cc1cn2ccsc2n1. The minimum Gasteiger partial charge on any atom is -0.392 e. The van der Waals surface area contributed by atoms with Crippen LogP contribution in [0.5, 0.6) is 0 Å². The topological polar surface area (TPSA) is 37.5 Å². The molecule has 0 saturated heterocycles. The Bertz CT molecular complexity index is 409. The third-order valence-electron chi connectivity index (χ3n) is 2.25. The first kappa shape index (κ1) is 12.0. The predicted octanol–water partition coefficient (Wildman–Crippen LogP) is 2.44. The molecule has 0 aliphatic heterocycles. The van der Waals surface area contributed by atoms with Crippen LogP contribution in [0.25, 0.3) is 4.96 Å². The Hall–Kier alpha value is -0.520. The van der Waals surface area contributed by atoms with E-state index in [0.717, 1.165) is 28.6 Å². The Morgan fingerprint density at radius 3 is 3.25 bits per heavy atom. The molecule has 0 bridgehead atoms. The highest BCUT2D eigenvalue weighted by molar-refractivity contribution is 7.99. The number of hydrogen-bond donors (Lipinski definition) is 1. The van der Waals surface area contributed by atoms with Crippen LogP contribution in [0.3, 0.4) is 0 Å². The fourth-order valence-corrected chi connectivity index (χ4v) is 3.10. The van der Waals surface area contributed by atoms with Gasteiger partial charge in [0, 0.05) is 29.9 Å². The molecular formula is C11H16N2OS2. The molecule has 16 heavy (non-hydrogen) atoms. The Morgan fingerprint density at radius 2 is 2.50 bits per heavy atom. The molecule has 0 radical (unpaired) electrons. The summed E-state index contributed by atoms with van der Waals surface area (Å²) in [5.41, 5.74) is 0.983. The van der Waals surface area contributed by atoms with E-state index in [-0.39, 0.29) is 6.10 Å². The van der Waals surface area contributed by atoms with Crippen LogP contribution >= 0.6 is 23.1 Å². The predicted molar refractivity (Wildman–Crippen MR) is 70.4 cm³/mol. The largest absolute Gasteiger partial charge is 0.392 e. The quantitative estimate of drug-likeness (QED) is 0.807. The number of aliphatic hydroxyl groups is 1. The minimum atomic E-state index is -0.277. The molecule has 0 aliphatic rings. The van der Waals surface area contributed by atoms with Gasteiger partial charge in [-0.1, -0.05) is 6.92 Å². The molecule has 88 valence electrons. The van der Waals surface area contributed by atoms with Gasteiger partial charge < -0.3 is 5.11 Å². The second kappa shape index (κ2) is 5.70. The molecule has 0 aromatic carbocycles. The number of thiazole rings is 1. The maximum atomic E-state index is 9.83. The van der Waals surface area contributed by atoms with E-state index in [2.05, 4.69) is 11.9 Å². The monoisotopic (exact) mass is 256 g/mol. The first-order valence-corrected chi connectivity index (χ1v) is 7.50. The van der Waals surface area contributed by atoms with Crippen LogP contribution in [0.4, 0.5) is 0 Å². The fourth-order valence-electron chi connectivity index (χ4n) is 1.54. The van der Waals surface area contributed by atoms with Gasteiger partial charge in [0.05, 0.1) is 11.8 Å². The summed E-state index contributed by atoms with van der Waals surface area (Å²) in [6.45, 7) is 2.16. The van der Waals surface area contributed by atoms with Crippen molar-refractivity contribution in [2.45, 2.75) is 25.9 Å². The number of nitrogens with zero attached hydrogens (tertiary/aromatic N) is 2. The second-order valence-electron chi connectivity index (χ2n) is 3.76. The average molecular weight is 256 g/mol. The summed E-state index contributed by atoms with van der Waals surface area (Å²) in [4.78, 5) is 5.46. The molecule has 0 aliphatic carbocycles. The van der Waals surface area contributed by atoms with Crippen molar-refractivity contribution < 1.29 is 5.11 Å². The Labute approximate surface area is 104 Å². The summed E-state index contributed by atoms with van der Waals surface area (Å²) in [5, 5.41) is 11.8. The highest BCUT2D eigenvalue weighted by Gasteiger charge is 2.09. The van der Waals surface area contributed by atoms with Crippen LogP contribution in [-0.2, 0) is 6.42 Å². The van der Waals surface area contributed by atoms with Crippen LogP contribution in [0.2, 0.25) is 0 Å². The fraction of sp³-hybridized carbons (Fsp3) is 0.545. The maximum absolute atomic E-state index is 9.83. The van der Waals surface area contributed by atoms with Crippen molar-refractivity contribution in [1.29, 1.82) is 0 Å². The first-order valence-electron chi connectivity index (χ1n) is 5.46. The van der Waals surface area contributed by atoms with Crippen molar-refractivity contribution in [3.8, 4) is 0 Å². The summed E-state index contributed by atoms with van der Waals surface area (Å²) in [6, 6.07) is 0. The molecule has 0 spiro atoms. The Morgan fingerprint density at radius 1 is 1.62 bits per heavy atom. The van der Waals surface area contributed by atoms with Crippen LogP contribution in [0.15, 0.2) is 17.8 Å². The van der Waals surface area contributed by atoms with Crippen molar-refractivity contribution in [3.63, 3.8) is 0 Å². The van der Waals surface area contributed by atoms with E-state index in [0.29, 0.717) is 6.42 Å². The highest BCUT2D eigenvalue weighted by Crippen LogP contribution is 2.14. The van der Waals surface area contributed by atoms with E-state index in [1.54, 1.807) is 11.3 Å².